The summed E-state index contributed by atoms with van der Waals surface area (Å²) in [5.74, 6) is -0.936. The number of para-hydroxylation sites is 1. The van der Waals surface area contributed by atoms with E-state index in [1.807, 2.05) is 25.1 Å². The molecule has 1 heterocycles. The molecule has 0 radical (unpaired) electrons. The molecule has 0 aliphatic carbocycles. The zero-order chi connectivity index (χ0) is 32.8. The summed E-state index contributed by atoms with van der Waals surface area (Å²) in [6, 6.07) is 10.2. The molecule has 0 aromatic heterocycles. The van der Waals surface area contributed by atoms with E-state index in [0.29, 0.717) is 37.5 Å². The highest BCUT2D eigenvalue weighted by atomic mass is 16.5. The van der Waals surface area contributed by atoms with Crippen molar-refractivity contribution in [3.05, 3.63) is 53.6 Å². The number of likely N-dealkylation sites (N-methyl/N-ethyl adjacent to an activating group) is 1. The Hall–Kier alpha value is -4.81. The van der Waals surface area contributed by atoms with E-state index < -0.39 is 41.6 Å². The fourth-order valence-corrected chi connectivity index (χ4v) is 4.81. The van der Waals surface area contributed by atoms with Crippen LogP contribution in [0.4, 0.5) is 0 Å². The van der Waals surface area contributed by atoms with E-state index >= 15 is 0 Å². The molecule has 45 heavy (non-hydrogen) atoms. The quantitative estimate of drug-likeness (QED) is 0.270. The first-order valence-electron chi connectivity index (χ1n) is 15.1. The molecule has 0 fully saturated rings. The minimum atomic E-state index is -1.05. The molecular formula is C32H43N5O8. The molecule has 13 heteroatoms. The molecule has 5 N–H and O–H groups in total. The molecular weight excluding hydrogens is 582 g/mol. The Morgan fingerprint density at radius 3 is 2.62 bits per heavy atom. The number of primary amides is 1. The van der Waals surface area contributed by atoms with Gasteiger partial charge in [0.1, 0.15) is 24.4 Å². The molecule has 0 spiro atoms. The summed E-state index contributed by atoms with van der Waals surface area (Å²) in [5, 5.41) is 8.26. The van der Waals surface area contributed by atoms with Crippen molar-refractivity contribution in [2.24, 2.45) is 5.73 Å². The molecule has 13 nitrogen and oxygen atoms in total. The van der Waals surface area contributed by atoms with E-state index in [2.05, 4.69) is 16.0 Å². The molecule has 1 aliphatic rings. The van der Waals surface area contributed by atoms with Gasteiger partial charge in [-0.3, -0.25) is 24.0 Å². The maximum Gasteiger partial charge on any atom is 0.255 e. The van der Waals surface area contributed by atoms with E-state index in [1.54, 1.807) is 38.4 Å². The highest BCUT2D eigenvalue weighted by molar-refractivity contribution is 5.99. The number of carbonyl (C=O) groups is 5. The van der Waals surface area contributed by atoms with E-state index in [1.165, 1.54) is 4.90 Å². The summed E-state index contributed by atoms with van der Waals surface area (Å²) in [4.78, 5) is 65.4. The summed E-state index contributed by atoms with van der Waals surface area (Å²) >= 11 is 0. The third kappa shape index (κ3) is 10.7. The summed E-state index contributed by atoms with van der Waals surface area (Å²) < 4.78 is 16.8. The molecule has 5 amide bonds. The predicted octanol–water partition coefficient (Wildman–Crippen LogP) is 1.32. The fraction of sp³-hybridized carbons (Fsp3) is 0.469. The van der Waals surface area contributed by atoms with Crippen LogP contribution in [0.5, 0.6) is 17.2 Å². The van der Waals surface area contributed by atoms with Crippen molar-refractivity contribution in [1.82, 2.24) is 20.9 Å². The van der Waals surface area contributed by atoms with Crippen LogP contribution >= 0.6 is 0 Å². The van der Waals surface area contributed by atoms with Crippen molar-refractivity contribution >= 4 is 29.5 Å². The van der Waals surface area contributed by atoms with E-state index in [4.69, 9.17) is 19.9 Å². The molecule has 0 saturated carbocycles. The molecule has 0 saturated heterocycles. The summed E-state index contributed by atoms with van der Waals surface area (Å²) in [6.07, 6.45) is 0.996. The van der Waals surface area contributed by atoms with Crippen LogP contribution in [0.15, 0.2) is 42.5 Å². The van der Waals surface area contributed by atoms with Gasteiger partial charge in [0.2, 0.25) is 23.6 Å². The molecule has 2 aromatic carbocycles. The lowest BCUT2D eigenvalue weighted by Gasteiger charge is -2.24. The van der Waals surface area contributed by atoms with E-state index in [9.17, 15) is 24.0 Å². The molecule has 2 atom stereocenters. The largest absolute Gasteiger partial charge is 0.493 e. The highest BCUT2D eigenvalue weighted by Crippen LogP contribution is 2.28. The number of ether oxygens (including phenoxy) is 3. The summed E-state index contributed by atoms with van der Waals surface area (Å²) in [7, 11) is 3.13. The number of hydrogen-bond acceptors (Lipinski definition) is 8. The van der Waals surface area contributed by atoms with Crippen LogP contribution in [0.25, 0.3) is 0 Å². The van der Waals surface area contributed by atoms with Crippen molar-refractivity contribution in [2.75, 3.05) is 40.5 Å². The van der Waals surface area contributed by atoms with Gasteiger partial charge < -0.3 is 40.8 Å². The zero-order valence-corrected chi connectivity index (χ0v) is 26.1. The Kier molecular flexibility index (Phi) is 13.5. The number of nitrogens with two attached hydrogens (primary N) is 1. The van der Waals surface area contributed by atoms with E-state index in [0.717, 1.165) is 5.56 Å². The number of nitrogens with zero attached hydrogens (tertiary/aromatic N) is 1. The van der Waals surface area contributed by atoms with Gasteiger partial charge in [-0.2, -0.15) is 0 Å². The number of fused-ring (bicyclic) bond motifs is 1. The number of rotatable bonds is 11. The van der Waals surface area contributed by atoms with Crippen molar-refractivity contribution < 1.29 is 38.2 Å². The Morgan fingerprint density at radius 1 is 1.11 bits per heavy atom. The second kappa shape index (κ2) is 17.5. The average Bonchev–Trinajstić information content (AvgIpc) is 3.03. The highest BCUT2D eigenvalue weighted by Gasteiger charge is 2.28. The maximum absolute atomic E-state index is 13.3. The van der Waals surface area contributed by atoms with Crippen molar-refractivity contribution in [1.29, 1.82) is 0 Å². The maximum atomic E-state index is 13.3. The van der Waals surface area contributed by atoms with Crippen LogP contribution in [0.1, 0.15) is 54.9 Å². The minimum absolute atomic E-state index is 0.0226. The van der Waals surface area contributed by atoms with Crippen LogP contribution in [-0.4, -0.2) is 87.0 Å². The minimum Gasteiger partial charge on any atom is -0.493 e. The predicted molar refractivity (Wildman–Crippen MR) is 166 cm³/mol. The van der Waals surface area contributed by atoms with Gasteiger partial charge in [-0.1, -0.05) is 18.2 Å². The number of amides is 5. The Bertz CT molecular complexity index is 1350. The third-order valence-electron chi connectivity index (χ3n) is 7.26. The van der Waals surface area contributed by atoms with Crippen molar-refractivity contribution in [2.45, 2.75) is 57.5 Å². The summed E-state index contributed by atoms with van der Waals surface area (Å²) in [6.45, 7) is 2.96. The number of carbonyl (C=O) groups excluding carboxylic acids is 5. The van der Waals surface area contributed by atoms with Gasteiger partial charge in [0, 0.05) is 26.4 Å². The van der Waals surface area contributed by atoms with Crippen LogP contribution in [0.2, 0.25) is 0 Å². The van der Waals surface area contributed by atoms with E-state index in [-0.39, 0.29) is 50.1 Å². The first kappa shape index (κ1) is 34.7. The summed E-state index contributed by atoms with van der Waals surface area (Å²) in [5.41, 5.74) is 6.50. The first-order chi connectivity index (χ1) is 21.6. The van der Waals surface area contributed by atoms with Gasteiger partial charge >= 0.3 is 0 Å². The molecule has 3 rings (SSSR count). The van der Waals surface area contributed by atoms with Gasteiger partial charge in [0.25, 0.3) is 5.91 Å². The first-order valence-corrected chi connectivity index (χ1v) is 15.1. The molecule has 0 unspecified atom stereocenters. The van der Waals surface area contributed by atoms with Crippen LogP contribution < -0.4 is 35.9 Å². The lowest BCUT2D eigenvalue weighted by molar-refractivity contribution is -0.136. The molecule has 2 aromatic rings. The van der Waals surface area contributed by atoms with Crippen molar-refractivity contribution in [3.8, 4) is 17.2 Å². The number of aryl methyl sites for hydroxylation is 1. The van der Waals surface area contributed by atoms with Crippen LogP contribution in [0.3, 0.4) is 0 Å². The average molecular weight is 626 g/mol. The third-order valence-corrected chi connectivity index (χ3v) is 7.26. The number of hydrogen-bond donors (Lipinski definition) is 4. The topological polar surface area (TPSA) is 178 Å². The van der Waals surface area contributed by atoms with Crippen molar-refractivity contribution in [3.63, 3.8) is 0 Å². The molecule has 244 valence electrons. The SMILES string of the molecule is CCOc1ccc(CCCNC(=O)[C@@H]2CCC(=O)N[C@@H](CCC(N)=O)C(=O)N(C)CCOc3ccccc3C(=O)N2)cc1OC. The molecule has 0 bridgehead atoms. The van der Waals surface area contributed by atoms with Gasteiger partial charge in [0.15, 0.2) is 11.5 Å². The number of methoxy groups -OCH3 is 1. The normalized spacial score (nSPS) is 17.8. The second-order valence-corrected chi connectivity index (χ2v) is 10.6. The number of nitrogens with one attached hydrogen (secondary N) is 3. The van der Waals surface area contributed by atoms with Crippen LogP contribution in [0, 0.1) is 0 Å². The number of benzene rings is 2. The lowest BCUT2D eigenvalue weighted by Crippen LogP contribution is -2.49. The monoisotopic (exact) mass is 625 g/mol. The Morgan fingerprint density at radius 2 is 1.89 bits per heavy atom. The van der Waals surface area contributed by atoms with Crippen LogP contribution in [-0.2, 0) is 25.6 Å². The fourth-order valence-electron chi connectivity index (χ4n) is 4.81. The van der Waals surface area contributed by atoms with Gasteiger partial charge in [-0.25, -0.2) is 0 Å². The zero-order valence-electron chi connectivity index (χ0n) is 26.1. The second-order valence-electron chi connectivity index (χ2n) is 10.6. The molecule has 1 aliphatic heterocycles. The van der Waals surface area contributed by atoms with Gasteiger partial charge in [-0.05, 0) is 62.4 Å². The van der Waals surface area contributed by atoms with Gasteiger partial charge in [0.05, 0.1) is 25.8 Å². The van der Waals surface area contributed by atoms with Gasteiger partial charge in [-0.15, -0.1) is 0 Å². The Labute approximate surface area is 263 Å². The standard InChI is InChI=1S/C32H43N5O8/c1-4-44-26-14-11-21(20-27(26)43-3)8-7-17-34-31(41)23-13-16-29(39)35-24(12-15-28(33)38)32(42)37(2)18-19-45-25-10-6-5-9-22(25)30(40)36-23/h5-6,9-11,14,20,23-24H,4,7-8,12-13,15-19H2,1-3H3,(H2,33,38)(H,34,41)(H,35,39)(H,36,40)/t23-,24-/m0/s1. The Balaban J connectivity index is 1.72. The lowest BCUT2D eigenvalue weighted by atomic mass is 10.1. The smallest absolute Gasteiger partial charge is 0.255 e.